The van der Waals surface area contributed by atoms with Crippen molar-refractivity contribution in [3.63, 3.8) is 0 Å². The van der Waals surface area contributed by atoms with Gasteiger partial charge in [-0.3, -0.25) is 9.69 Å². The van der Waals surface area contributed by atoms with Gasteiger partial charge in [0, 0.05) is 49.2 Å². The molecule has 8 heteroatoms. The number of carbonyl (C=O) groups is 1. The summed E-state index contributed by atoms with van der Waals surface area (Å²) < 4.78 is 43.4. The van der Waals surface area contributed by atoms with E-state index < -0.39 is 23.5 Å². The molecule has 0 atom stereocenters. The summed E-state index contributed by atoms with van der Waals surface area (Å²) >= 11 is 0. The predicted molar refractivity (Wildman–Crippen MR) is 107 cm³/mol. The monoisotopic (exact) mass is 413 g/mol. The van der Waals surface area contributed by atoms with Crippen molar-refractivity contribution in [1.82, 2.24) is 9.47 Å². The van der Waals surface area contributed by atoms with Gasteiger partial charge in [-0.05, 0) is 48.0 Å². The number of amides is 2. The van der Waals surface area contributed by atoms with Crippen molar-refractivity contribution in [3.8, 4) is 11.1 Å². The molecule has 0 bridgehead atoms. The van der Waals surface area contributed by atoms with Gasteiger partial charge in [0.25, 0.3) is 5.56 Å². The average molecular weight is 413 g/mol. The molecule has 0 N–H and O–H groups in total. The van der Waals surface area contributed by atoms with Gasteiger partial charge in [-0.15, -0.1) is 0 Å². The normalized spacial score (nSPS) is 13.9. The van der Waals surface area contributed by atoms with Crippen molar-refractivity contribution in [2.75, 3.05) is 18.0 Å². The smallest absolute Gasteiger partial charge is 0.319 e. The molecule has 1 aromatic heterocycles. The summed E-state index contributed by atoms with van der Waals surface area (Å²) in [5.41, 5.74) is 0.871. The van der Waals surface area contributed by atoms with E-state index in [-0.39, 0.29) is 23.2 Å². The summed E-state index contributed by atoms with van der Waals surface area (Å²) in [6.45, 7) is 0.514. The molecule has 0 radical (unpaired) electrons. The van der Waals surface area contributed by atoms with Crippen molar-refractivity contribution < 1.29 is 18.0 Å². The first-order valence-corrected chi connectivity index (χ1v) is 9.30. The van der Waals surface area contributed by atoms with E-state index in [0.717, 1.165) is 18.2 Å². The number of rotatable bonds is 4. The quantitative estimate of drug-likeness (QED) is 0.651. The zero-order valence-corrected chi connectivity index (χ0v) is 16.1. The van der Waals surface area contributed by atoms with Gasteiger partial charge in [0.05, 0.1) is 6.54 Å². The zero-order valence-electron chi connectivity index (χ0n) is 16.1. The first-order valence-electron chi connectivity index (χ1n) is 9.30. The molecule has 1 fully saturated rings. The first kappa shape index (κ1) is 19.8. The molecule has 154 valence electrons. The molecule has 1 aliphatic heterocycles. The summed E-state index contributed by atoms with van der Waals surface area (Å²) in [4.78, 5) is 27.3. The number of halogens is 3. The molecular formula is C22H18F3N3O2. The Hall–Kier alpha value is -3.55. The Balaban J connectivity index is 1.55. The van der Waals surface area contributed by atoms with Gasteiger partial charge in [-0.25, -0.2) is 18.0 Å². The van der Waals surface area contributed by atoms with E-state index >= 15 is 0 Å². The van der Waals surface area contributed by atoms with Crippen molar-refractivity contribution in [1.29, 1.82) is 0 Å². The minimum atomic E-state index is -0.591. The third-order valence-corrected chi connectivity index (χ3v) is 5.14. The number of urea groups is 1. The SMILES string of the molecule is Cn1ccc(-c2ccc(N3CCN(Cc4cc(F)ccc4F)C3=O)cc2F)cc1=O. The molecule has 3 aromatic rings. The second-order valence-corrected chi connectivity index (χ2v) is 7.12. The van der Waals surface area contributed by atoms with Crippen molar-refractivity contribution in [2.24, 2.45) is 7.05 Å². The van der Waals surface area contributed by atoms with Crippen LogP contribution >= 0.6 is 0 Å². The van der Waals surface area contributed by atoms with Crippen molar-refractivity contribution in [2.45, 2.75) is 6.54 Å². The molecule has 0 aliphatic carbocycles. The standard InChI is InChI=1S/C22H18F3N3O2/c1-26-7-6-14(11-21(26)29)18-4-3-17(12-20(18)25)28-9-8-27(22(28)30)13-15-10-16(23)2-5-19(15)24/h2-7,10-12H,8-9,13H2,1H3. The Labute approximate surface area is 170 Å². The van der Waals surface area contributed by atoms with Gasteiger partial charge >= 0.3 is 6.03 Å². The Morgan fingerprint density at radius 3 is 2.43 bits per heavy atom. The molecule has 30 heavy (non-hydrogen) atoms. The second-order valence-electron chi connectivity index (χ2n) is 7.12. The Bertz CT molecular complexity index is 1190. The number of anilines is 1. The van der Waals surface area contributed by atoms with E-state index in [4.69, 9.17) is 0 Å². The third kappa shape index (κ3) is 3.68. The minimum Gasteiger partial charge on any atom is -0.319 e. The van der Waals surface area contributed by atoms with Gasteiger partial charge in [-0.1, -0.05) is 0 Å². The molecule has 4 rings (SSSR count). The Morgan fingerprint density at radius 2 is 1.70 bits per heavy atom. The average Bonchev–Trinajstić information content (AvgIpc) is 3.07. The lowest BCUT2D eigenvalue weighted by molar-refractivity contribution is 0.218. The highest BCUT2D eigenvalue weighted by Crippen LogP contribution is 2.28. The Morgan fingerprint density at radius 1 is 0.900 bits per heavy atom. The van der Waals surface area contributed by atoms with Gasteiger partial charge < -0.3 is 9.47 Å². The number of carbonyl (C=O) groups excluding carboxylic acids is 1. The summed E-state index contributed by atoms with van der Waals surface area (Å²) in [6.07, 6.45) is 1.55. The van der Waals surface area contributed by atoms with E-state index in [1.165, 1.54) is 32.6 Å². The zero-order chi connectivity index (χ0) is 21.4. The largest absolute Gasteiger partial charge is 0.324 e. The number of benzene rings is 2. The van der Waals surface area contributed by atoms with Crippen molar-refractivity contribution >= 4 is 11.7 Å². The summed E-state index contributed by atoms with van der Waals surface area (Å²) in [6, 6.07) is 10.0. The van der Waals surface area contributed by atoms with Crippen LogP contribution in [-0.4, -0.2) is 28.6 Å². The summed E-state index contributed by atoms with van der Waals surface area (Å²) in [7, 11) is 1.60. The lowest BCUT2D eigenvalue weighted by Crippen LogP contribution is -2.31. The third-order valence-electron chi connectivity index (χ3n) is 5.14. The summed E-state index contributed by atoms with van der Waals surface area (Å²) in [5, 5.41) is 0. The van der Waals surface area contributed by atoms with E-state index in [1.54, 1.807) is 25.4 Å². The highest BCUT2D eigenvalue weighted by molar-refractivity contribution is 5.94. The topological polar surface area (TPSA) is 45.5 Å². The summed E-state index contributed by atoms with van der Waals surface area (Å²) in [5.74, 6) is -1.74. The Kier molecular flexibility index (Phi) is 5.07. The first-order chi connectivity index (χ1) is 14.3. The second kappa shape index (κ2) is 7.70. The van der Waals surface area contributed by atoms with Crippen LogP contribution in [0.2, 0.25) is 0 Å². The van der Waals surface area contributed by atoms with Crippen LogP contribution in [0.5, 0.6) is 0 Å². The van der Waals surface area contributed by atoms with Crippen LogP contribution in [-0.2, 0) is 13.6 Å². The fourth-order valence-electron chi connectivity index (χ4n) is 3.46. The molecule has 1 aliphatic rings. The number of nitrogens with zero attached hydrogens (tertiary/aromatic N) is 3. The number of hydrogen-bond donors (Lipinski definition) is 0. The van der Waals surface area contributed by atoms with Gasteiger partial charge in [0.1, 0.15) is 17.5 Å². The lowest BCUT2D eigenvalue weighted by Gasteiger charge is -2.19. The van der Waals surface area contributed by atoms with Crippen LogP contribution in [0.15, 0.2) is 59.5 Å². The molecule has 2 aromatic carbocycles. The maximum absolute atomic E-state index is 14.7. The molecule has 2 amide bonds. The minimum absolute atomic E-state index is 0.0766. The van der Waals surface area contributed by atoms with Gasteiger partial charge in [0.15, 0.2) is 0 Å². The van der Waals surface area contributed by atoms with Gasteiger partial charge in [-0.2, -0.15) is 0 Å². The van der Waals surface area contributed by atoms with Crippen LogP contribution in [0.3, 0.4) is 0 Å². The number of aromatic nitrogens is 1. The molecule has 0 unspecified atom stereocenters. The predicted octanol–water partition coefficient (Wildman–Crippen LogP) is 3.91. The fraction of sp³-hybridized carbons (Fsp3) is 0.182. The molecular weight excluding hydrogens is 395 g/mol. The highest BCUT2D eigenvalue weighted by Gasteiger charge is 2.30. The maximum atomic E-state index is 14.7. The molecule has 2 heterocycles. The van der Waals surface area contributed by atoms with Gasteiger partial charge in [0.2, 0.25) is 0 Å². The number of aryl methyl sites for hydroxylation is 1. The molecule has 0 spiro atoms. The maximum Gasteiger partial charge on any atom is 0.324 e. The van der Waals surface area contributed by atoms with Crippen LogP contribution in [0.4, 0.5) is 23.7 Å². The fourth-order valence-corrected chi connectivity index (χ4v) is 3.46. The van der Waals surface area contributed by atoms with Crippen molar-refractivity contribution in [3.05, 3.63) is 88.1 Å². The molecule has 1 saturated heterocycles. The number of hydrogen-bond acceptors (Lipinski definition) is 2. The van der Waals surface area contributed by atoms with Crippen LogP contribution in [0.1, 0.15) is 5.56 Å². The highest BCUT2D eigenvalue weighted by atomic mass is 19.1. The van der Waals surface area contributed by atoms with E-state index in [1.807, 2.05) is 0 Å². The van der Waals surface area contributed by atoms with Crippen LogP contribution < -0.4 is 10.5 Å². The lowest BCUT2D eigenvalue weighted by atomic mass is 10.1. The van der Waals surface area contributed by atoms with E-state index in [0.29, 0.717) is 24.3 Å². The van der Waals surface area contributed by atoms with E-state index in [9.17, 15) is 22.8 Å². The van der Waals surface area contributed by atoms with Crippen LogP contribution in [0, 0.1) is 17.5 Å². The number of pyridine rings is 1. The van der Waals surface area contributed by atoms with Crippen LogP contribution in [0.25, 0.3) is 11.1 Å². The molecule has 5 nitrogen and oxygen atoms in total. The molecule has 0 saturated carbocycles. The van der Waals surface area contributed by atoms with E-state index in [2.05, 4.69) is 0 Å².